The van der Waals surface area contributed by atoms with Gasteiger partial charge in [-0.25, -0.2) is 0 Å². The molecule has 0 aliphatic heterocycles. The van der Waals surface area contributed by atoms with E-state index in [2.05, 4.69) is 99.8 Å². The summed E-state index contributed by atoms with van der Waals surface area (Å²) >= 11 is 0. The highest BCUT2D eigenvalue weighted by Crippen LogP contribution is 2.13. The standard InChI is InChI=1S/C62H98O6/c1-4-7-10-13-16-19-22-25-27-29-31-33-34-37-40-43-46-49-52-55-61(64)67-58-59(57-66-60(63)54-51-48-45-42-39-36-24-21-18-15-12-9-6-3)68-62(65)56-53-50-47-44-41-38-35-32-30-28-26-23-20-17-14-11-8-5-2/h7,9-10,12,15-16,18-19,21,24-25,27,31-33,35-37,39-40,42,45,59H,4-6,8,11,13-14,17,20,22-23,26,28-30,34,38,41,43-44,46-58H2,1-3H3/b10-7+,12-9+,18-15+,19-16+,24-21+,27-25+,33-31+,35-32+,39-36+,40-37+,45-42+. The Morgan fingerprint density at radius 3 is 1.15 bits per heavy atom. The average Bonchev–Trinajstić information content (AvgIpc) is 3.34. The predicted octanol–water partition coefficient (Wildman–Crippen LogP) is 18.3. The second-order valence-electron chi connectivity index (χ2n) is 17.5. The number of unbranched alkanes of at least 4 members (excludes halogenated alkanes) is 18. The van der Waals surface area contributed by atoms with Crippen molar-refractivity contribution in [2.75, 3.05) is 13.2 Å². The maximum atomic E-state index is 12.8. The highest BCUT2D eigenvalue weighted by atomic mass is 16.6. The molecule has 0 aromatic rings. The number of hydrogen-bond acceptors (Lipinski definition) is 6. The van der Waals surface area contributed by atoms with E-state index in [9.17, 15) is 14.4 Å². The molecule has 1 unspecified atom stereocenters. The van der Waals surface area contributed by atoms with Crippen LogP contribution in [0.1, 0.15) is 220 Å². The molecule has 0 amide bonds. The minimum absolute atomic E-state index is 0.126. The Hall–Kier alpha value is -4.45. The normalized spacial score (nSPS) is 13.2. The third-order valence-electron chi connectivity index (χ3n) is 11.0. The summed E-state index contributed by atoms with van der Waals surface area (Å²) in [4.78, 5) is 38.0. The third-order valence-corrected chi connectivity index (χ3v) is 11.0. The predicted molar refractivity (Wildman–Crippen MR) is 292 cm³/mol. The summed E-state index contributed by atoms with van der Waals surface area (Å²) in [7, 11) is 0. The zero-order valence-corrected chi connectivity index (χ0v) is 43.6. The number of allylic oxidation sites excluding steroid dienone is 22. The minimum atomic E-state index is -0.830. The van der Waals surface area contributed by atoms with Gasteiger partial charge in [-0.3, -0.25) is 14.4 Å². The summed E-state index contributed by atoms with van der Waals surface area (Å²) in [6.07, 6.45) is 77.3. The number of rotatable bonds is 47. The summed E-state index contributed by atoms with van der Waals surface area (Å²) in [6, 6.07) is 0. The molecular weight excluding hydrogens is 841 g/mol. The van der Waals surface area contributed by atoms with Gasteiger partial charge in [0.2, 0.25) is 0 Å². The number of ether oxygens (including phenoxy) is 3. The molecule has 0 aliphatic carbocycles. The van der Waals surface area contributed by atoms with Crippen LogP contribution in [0.15, 0.2) is 134 Å². The van der Waals surface area contributed by atoms with E-state index in [0.717, 1.165) is 103 Å². The number of hydrogen-bond donors (Lipinski definition) is 0. The molecule has 0 aromatic carbocycles. The Bertz CT molecular complexity index is 1500. The molecule has 0 spiro atoms. The van der Waals surface area contributed by atoms with Gasteiger partial charge in [0.25, 0.3) is 0 Å². The number of carbonyl (C=O) groups is 3. The molecule has 0 saturated heterocycles. The third kappa shape index (κ3) is 52.5. The second-order valence-corrected chi connectivity index (χ2v) is 17.5. The van der Waals surface area contributed by atoms with Crippen LogP contribution in [0.4, 0.5) is 0 Å². The molecule has 6 nitrogen and oxygen atoms in total. The maximum Gasteiger partial charge on any atom is 0.306 e. The minimum Gasteiger partial charge on any atom is -0.462 e. The molecule has 0 bridgehead atoms. The van der Waals surface area contributed by atoms with Crippen molar-refractivity contribution in [1.82, 2.24) is 0 Å². The fourth-order valence-corrected chi connectivity index (χ4v) is 6.96. The highest BCUT2D eigenvalue weighted by molar-refractivity contribution is 5.71. The molecular formula is C62H98O6. The quantitative estimate of drug-likeness (QED) is 0.0199. The largest absolute Gasteiger partial charge is 0.462 e. The number of esters is 3. The van der Waals surface area contributed by atoms with E-state index >= 15 is 0 Å². The molecule has 0 saturated carbocycles. The first-order valence-corrected chi connectivity index (χ1v) is 27.3. The Balaban J connectivity index is 4.55. The van der Waals surface area contributed by atoms with Gasteiger partial charge in [-0.1, -0.05) is 231 Å². The van der Waals surface area contributed by atoms with Crippen LogP contribution < -0.4 is 0 Å². The van der Waals surface area contributed by atoms with E-state index in [0.29, 0.717) is 19.3 Å². The zero-order valence-electron chi connectivity index (χ0n) is 43.6. The van der Waals surface area contributed by atoms with Crippen LogP contribution in [0, 0.1) is 0 Å². The Morgan fingerprint density at radius 1 is 0.324 bits per heavy atom. The van der Waals surface area contributed by atoms with Crippen molar-refractivity contribution in [1.29, 1.82) is 0 Å². The van der Waals surface area contributed by atoms with Gasteiger partial charge >= 0.3 is 17.9 Å². The molecule has 0 N–H and O–H groups in total. The summed E-state index contributed by atoms with van der Waals surface area (Å²) in [5.74, 6) is -1.05. The van der Waals surface area contributed by atoms with Crippen LogP contribution in [0.25, 0.3) is 0 Å². The van der Waals surface area contributed by atoms with E-state index in [4.69, 9.17) is 14.2 Å². The van der Waals surface area contributed by atoms with Crippen molar-refractivity contribution in [3.8, 4) is 0 Å². The molecule has 382 valence electrons. The topological polar surface area (TPSA) is 78.9 Å². The van der Waals surface area contributed by atoms with Crippen molar-refractivity contribution in [2.45, 2.75) is 226 Å². The van der Waals surface area contributed by atoms with E-state index in [1.165, 1.54) is 70.6 Å². The van der Waals surface area contributed by atoms with Gasteiger partial charge in [0.05, 0.1) is 0 Å². The van der Waals surface area contributed by atoms with E-state index < -0.39 is 6.10 Å². The molecule has 0 fully saturated rings. The van der Waals surface area contributed by atoms with E-state index in [1.807, 2.05) is 54.7 Å². The van der Waals surface area contributed by atoms with Gasteiger partial charge in [0.15, 0.2) is 6.10 Å². The van der Waals surface area contributed by atoms with Crippen molar-refractivity contribution in [3.63, 3.8) is 0 Å². The van der Waals surface area contributed by atoms with E-state index in [1.54, 1.807) is 0 Å². The first-order valence-electron chi connectivity index (χ1n) is 27.3. The van der Waals surface area contributed by atoms with Crippen LogP contribution in [0.5, 0.6) is 0 Å². The SMILES string of the molecule is CC/C=C/C=C/C=C/C=C/C=C/CCCC(=O)OCC(COC(=O)CCCCC/C=C/C/C=C/C/C=C/C/C=C/C/C=C/CC)OC(=O)CCCCCCC/C=C/CCCCCCCCCCC. The zero-order chi connectivity index (χ0) is 49.3. The van der Waals surface area contributed by atoms with Gasteiger partial charge in [-0.05, 0) is 103 Å². The Kier molecular flexibility index (Phi) is 51.5. The van der Waals surface area contributed by atoms with Crippen molar-refractivity contribution in [3.05, 3.63) is 134 Å². The number of carbonyl (C=O) groups excluding carboxylic acids is 3. The summed E-state index contributed by atoms with van der Waals surface area (Å²) in [5.41, 5.74) is 0. The van der Waals surface area contributed by atoms with Gasteiger partial charge in [-0.15, -0.1) is 0 Å². The lowest BCUT2D eigenvalue weighted by atomic mass is 10.1. The fraction of sp³-hybridized carbons (Fsp3) is 0.597. The molecule has 1 atom stereocenters. The fourth-order valence-electron chi connectivity index (χ4n) is 6.96. The first-order chi connectivity index (χ1) is 33.5. The van der Waals surface area contributed by atoms with Gasteiger partial charge < -0.3 is 14.2 Å². The Morgan fingerprint density at radius 2 is 0.662 bits per heavy atom. The highest BCUT2D eigenvalue weighted by Gasteiger charge is 2.19. The summed E-state index contributed by atoms with van der Waals surface area (Å²) in [5, 5.41) is 0. The summed E-state index contributed by atoms with van der Waals surface area (Å²) in [6.45, 7) is 6.27. The molecule has 0 aliphatic rings. The first kappa shape index (κ1) is 63.6. The van der Waals surface area contributed by atoms with Gasteiger partial charge in [-0.2, -0.15) is 0 Å². The maximum absolute atomic E-state index is 12.8. The van der Waals surface area contributed by atoms with Crippen LogP contribution in [-0.4, -0.2) is 37.2 Å². The molecule has 68 heavy (non-hydrogen) atoms. The van der Waals surface area contributed by atoms with Gasteiger partial charge in [0, 0.05) is 19.3 Å². The average molecular weight is 939 g/mol. The van der Waals surface area contributed by atoms with Crippen molar-refractivity contribution < 1.29 is 28.6 Å². The lowest BCUT2D eigenvalue weighted by Gasteiger charge is -2.18. The van der Waals surface area contributed by atoms with Crippen LogP contribution in [0.2, 0.25) is 0 Å². The summed E-state index contributed by atoms with van der Waals surface area (Å²) < 4.78 is 16.7. The van der Waals surface area contributed by atoms with Crippen molar-refractivity contribution >= 4 is 17.9 Å². The molecule has 0 radical (unpaired) electrons. The molecule has 6 heteroatoms. The Labute approximate surface area is 417 Å². The monoisotopic (exact) mass is 939 g/mol. The van der Waals surface area contributed by atoms with Crippen LogP contribution in [-0.2, 0) is 28.6 Å². The lowest BCUT2D eigenvalue weighted by molar-refractivity contribution is -0.167. The van der Waals surface area contributed by atoms with Crippen LogP contribution >= 0.6 is 0 Å². The van der Waals surface area contributed by atoms with Gasteiger partial charge in [0.1, 0.15) is 13.2 Å². The lowest BCUT2D eigenvalue weighted by Crippen LogP contribution is -2.30. The second kappa shape index (κ2) is 55.1. The molecule has 0 aromatic heterocycles. The van der Waals surface area contributed by atoms with Crippen molar-refractivity contribution in [2.24, 2.45) is 0 Å². The smallest absolute Gasteiger partial charge is 0.306 e. The molecule has 0 rings (SSSR count). The van der Waals surface area contributed by atoms with E-state index in [-0.39, 0.29) is 37.5 Å². The van der Waals surface area contributed by atoms with Crippen LogP contribution in [0.3, 0.4) is 0 Å². The molecule has 0 heterocycles.